The van der Waals surface area contributed by atoms with Crippen molar-refractivity contribution in [3.05, 3.63) is 12.4 Å². The first-order chi connectivity index (χ1) is 9.08. The van der Waals surface area contributed by atoms with E-state index in [0.29, 0.717) is 25.9 Å². The molecule has 1 aromatic rings. The highest BCUT2D eigenvalue weighted by atomic mass is 16.4. The summed E-state index contributed by atoms with van der Waals surface area (Å²) in [6.45, 7) is 2.95. The summed E-state index contributed by atoms with van der Waals surface area (Å²) in [7, 11) is 0. The molecule has 0 spiro atoms. The zero-order valence-electron chi connectivity index (χ0n) is 10.8. The van der Waals surface area contributed by atoms with Gasteiger partial charge in [0.05, 0.1) is 24.6 Å². The Morgan fingerprint density at radius 2 is 2.16 bits per heavy atom. The normalized spacial score (nSPS) is 26.3. The lowest BCUT2D eigenvalue weighted by Gasteiger charge is -2.15. The van der Waals surface area contributed by atoms with E-state index < -0.39 is 17.8 Å². The Labute approximate surface area is 111 Å². The van der Waals surface area contributed by atoms with Gasteiger partial charge in [-0.25, -0.2) is 0 Å². The number of carboxylic acid groups (broad SMARTS) is 1. The molecule has 104 valence electrons. The van der Waals surface area contributed by atoms with Crippen LogP contribution in [0.15, 0.2) is 12.4 Å². The highest BCUT2D eigenvalue weighted by Gasteiger charge is 2.40. The van der Waals surface area contributed by atoms with Crippen molar-refractivity contribution < 1.29 is 14.7 Å². The maximum atomic E-state index is 12.0. The molecular weight excluding hydrogens is 248 g/mol. The van der Waals surface area contributed by atoms with Crippen LogP contribution in [-0.2, 0) is 16.1 Å². The number of carbonyl (C=O) groups excluding carboxylic acids is 1. The molecule has 0 aromatic carbocycles. The summed E-state index contributed by atoms with van der Waals surface area (Å²) in [5.41, 5.74) is 0. The van der Waals surface area contributed by atoms with Crippen LogP contribution in [0.4, 0.5) is 0 Å². The minimum absolute atomic E-state index is 0.170. The van der Waals surface area contributed by atoms with Crippen molar-refractivity contribution >= 4 is 11.9 Å². The minimum Gasteiger partial charge on any atom is -0.481 e. The zero-order chi connectivity index (χ0) is 13.8. The van der Waals surface area contributed by atoms with Gasteiger partial charge in [-0.2, -0.15) is 0 Å². The van der Waals surface area contributed by atoms with Gasteiger partial charge in [0.1, 0.15) is 0 Å². The number of carbonyl (C=O) groups is 2. The van der Waals surface area contributed by atoms with Gasteiger partial charge in [-0.1, -0.05) is 12.1 Å². The number of aromatic nitrogens is 3. The fraction of sp³-hybridized carbons (Fsp3) is 0.667. The van der Waals surface area contributed by atoms with Crippen molar-refractivity contribution in [1.29, 1.82) is 0 Å². The quantitative estimate of drug-likeness (QED) is 0.790. The Morgan fingerprint density at radius 3 is 2.79 bits per heavy atom. The van der Waals surface area contributed by atoms with Crippen LogP contribution in [0, 0.1) is 17.8 Å². The molecule has 0 bridgehead atoms. The average Bonchev–Trinajstić information content (AvgIpc) is 2.98. The molecular formula is C12H18N4O3. The summed E-state index contributed by atoms with van der Waals surface area (Å²) in [5.74, 6) is -1.73. The van der Waals surface area contributed by atoms with Gasteiger partial charge in [0.25, 0.3) is 0 Å². The van der Waals surface area contributed by atoms with Gasteiger partial charge in [0.15, 0.2) is 0 Å². The molecule has 7 heteroatoms. The third kappa shape index (κ3) is 3.30. The molecule has 0 aliphatic heterocycles. The number of aliphatic carboxylic acids is 1. The summed E-state index contributed by atoms with van der Waals surface area (Å²) in [6, 6.07) is 0. The summed E-state index contributed by atoms with van der Waals surface area (Å²) in [6.07, 6.45) is 4.51. The molecule has 1 aromatic heterocycles. The first-order valence-electron chi connectivity index (χ1n) is 6.42. The summed E-state index contributed by atoms with van der Waals surface area (Å²) in [5, 5.41) is 19.4. The van der Waals surface area contributed by atoms with E-state index in [-0.39, 0.29) is 11.8 Å². The molecule has 7 nitrogen and oxygen atoms in total. The Hall–Kier alpha value is -1.92. The lowest BCUT2D eigenvalue weighted by atomic mass is 9.95. The molecule has 19 heavy (non-hydrogen) atoms. The van der Waals surface area contributed by atoms with Gasteiger partial charge in [-0.05, 0) is 18.8 Å². The van der Waals surface area contributed by atoms with Crippen LogP contribution >= 0.6 is 0 Å². The van der Waals surface area contributed by atoms with Crippen LogP contribution in [0.25, 0.3) is 0 Å². The number of hydrogen-bond acceptors (Lipinski definition) is 4. The van der Waals surface area contributed by atoms with E-state index in [1.165, 1.54) is 0 Å². The molecule has 1 aliphatic rings. The molecule has 3 unspecified atom stereocenters. The lowest BCUT2D eigenvalue weighted by Crippen LogP contribution is -2.36. The monoisotopic (exact) mass is 266 g/mol. The van der Waals surface area contributed by atoms with Gasteiger partial charge in [0.2, 0.25) is 5.91 Å². The molecule has 3 atom stereocenters. The van der Waals surface area contributed by atoms with Crippen molar-refractivity contribution in [1.82, 2.24) is 20.3 Å². The summed E-state index contributed by atoms with van der Waals surface area (Å²) < 4.78 is 1.62. The van der Waals surface area contributed by atoms with Crippen molar-refractivity contribution in [2.24, 2.45) is 17.8 Å². The highest BCUT2D eigenvalue weighted by molar-refractivity contribution is 5.85. The lowest BCUT2D eigenvalue weighted by molar-refractivity contribution is -0.146. The van der Waals surface area contributed by atoms with Gasteiger partial charge in [-0.3, -0.25) is 14.3 Å². The van der Waals surface area contributed by atoms with Crippen LogP contribution < -0.4 is 5.32 Å². The topological polar surface area (TPSA) is 97.1 Å². The maximum absolute atomic E-state index is 12.0. The number of rotatable bonds is 5. The molecule has 1 saturated carbocycles. The molecule has 2 N–H and O–H groups in total. The summed E-state index contributed by atoms with van der Waals surface area (Å²) >= 11 is 0. The second-order valence-electron chi connectivity index (χ2n) is 5.08. The number of nitrogens with zero attached hydrogens (tertiary/aromatic N) is 3. The van der Waals surface area contributed by atoms with Crippen molar-refractivity contribution in [3.8, 4) is 0 Å². The van der Waals surface area contributed by atoms with E-state index in [1.54, 1.807) is 17.1 Å². The van der Waals surface area contributed by atoms with Crippen LogP contribution in [0.2, 0.25) is 0 Å². The van der Waals surface area contributed by atoms with E-state index in [9.17, 15) is 9.59 Å². The van der Waals surface area contributed by atoms with Crippen molar-refractivity contribution in [3.63, 3.8) is 0 Å². The first-order valence-corrected chi connectivity index (χ1v) is 6.42. The SMILES string of the molecule is CC1CC(C(=O)O)C(C(=O)NCCn2ccnn2)C1. The zero-order valence-corrected chi connectivity index (χ0v) is 10.8. The van der Waals surface area contributed by atoms with Crippen LogP contribution in [0.3, 0.4) is 0 Å². The molecule has 1 heterocycles. The van der Waals surface area contributed by atoms with E-state index in [1.807, 2.05) is 6.92 Å². The number of hydrogen-bond donors (Lipinski definition) is 2. The third-order valence-electron chi connectivity index (χ3n) is 3.56. The van der Waals surface area contributed by atoms with E-state index >= 15 is 0 Å². The molecule has 0 saturated heterocycles. The van der Waals surface area contributed by atoms with Gasteiger partial charge < -0.3 is 10.4 Å². The second-order valence-corrected chi connectivity index (χ2v) is 5.08. The van der Waals surface area contributed by atoms with E-state index in [4.69, 9.17) is 5.11 Å². The van der Waals surface area contributed by atoms with Gasteiger partial charge >= 0.3 is 5.97 Å². The predicted molar refractivity (Wildman–Crippen MR) is 66.0 cm³/mol. The Balaban J connectivity index is 1.83. The van der Waals surface area contributed by atoms with Gasteiger partial charge in [0, 0.05) is 12.7 Å². The highest BCUT2D eigenvalue weighted by Crippen LogP contribution is 2.36. The van der Waals surface area contributed by atoms with Gasteiger partial charge in [-0.15, -0.1) is 5.10 Å². The number of carboxylic acids is 1. The molecule has 2 rings (SSSR count). The number of nitrogens with one attached hydrogen (secondary N) is 1. The number of amides is 1. The fourth-order valence-corrected chi connectivity index (χ4v) is 2.63. The fourth-order valence-electron chi connectivity index (χ4n) is 2.63. The summed E-state index contributed by atoms with van der Waals surface area (Å²) in [4.78, 5) is 23.1. The maximum Gasteiger partial charge on any atom is 0.307 e. The molecule has 1 amide bonds. The Morgan fingerprint density at radius 1 is 1.42 bits per heavy atom. The third-order valence-corrected chi connectivity index (χ3v) is 3.56. The standard InChI is InChI=1S/C12H18N4O3/c1-8-6-9(10(7-8)12(18)19)11(17)13-2-4-16-5-3-14-15-16/h3,5,8-10H,2,4,6-7H2,1H3,(H,13,17)(H,18,19). The van der Waals surface area contributed by atoms with Crippen LogP contribution in [0.1, 0.15) is 19.8 Å². The predicted octanol–water partition coefficient (Wildman–Crippen LogP) is 0.141. The minimum atomic E-state index is -0.874. The van der Waals surface area contributed by atoms with Crippen LogP contribution in [0.5, 0.6) is 0 Å². The molecule has 1 aliphatic carbocycles. The van der Waals surface area contributed by atoms with E-state index in [0.717, 1.165) is 0 Å². The smallest absolute Gasteiger partial charge is 0.307 e. The Bertz CT molecular complexity index is 446. The van der Waals surface area contributed by atoms with Crippen molar-refractivity contribution in [2.75, 3.05) is 6.54 Å². The largest absolute Gasteiger partial charge is 0.481 e. The van der Waals surface area contributed by atoms with E-state index in [2.05, 4.69) is 15.6 Å². The molecule has 1 fully saturated rings. The van der Waals surface area contributed by atoms with Crippen molar-refractivity contribution in [2.45, 2.75) is 26.3 Å². The molecule has 0 radical (unpaired) electrons. The average molecular weight is 266 g/mol. The first kappa shape index (κ1) is 13.5. The Kier molecular flexibility index (Phi) is 4.13. The second kappa shape index (κ2) is 5.81. The van der Waals surface area contributed by atoms with Crippen LogP contribution in [-0.4, -0.2) is 38.5 Å².